The van der Waals surface area contributed by atoms with Crippen molar-refractivity contribution in [1.82, 2.24) is 9.47 Å². The van der Waals surface area contributed by atoms with Crippen LogP contribution in [0.4, 0.5) is 11.4 Å². The lowest BCUT2D eigenvalue weighted by Gasteiger charge is -2.44. The molecular weight excluding hydrogens is 580 g/mol. The van der Waals surface area contributed by atoms with E-state index in [1.807, 2.05) is 51.9 Å². The van der Waals surface area contributed by atoms with Crippen molar-refractivity contribution in [1.29, 1.82) is 0 Å². The highest BCUT2D eigenvalue weighted by Crippen LogP contribution is 2.39. The molecule has 3 aliphatic rings. The second kappa shape index (κ2) is 11.2. The number of piperidine rings is 1. The van der Waals surface area contributed by atoms with Gasteiger partial charge in [0.1, 0.15) is 11.1 Å². The second-order valence-corrected chi connectivity index (χ2v) is 12.5. The molecule has 5 aromatic rings. The Balaban J connectivity index is 1.15. The highest BCUT2D eigenvalue weighted by Gasteiger charge is 2.35. The molecule has 8 rings (SSSR count). The van der Waals surface area contributed by atoms with E-state index in [2.05, 4.69) is 22.3 Å². The van der Waals surface area contributed by atoms with Gasteiger partial charge in [-0.05, 0) is 66.3 Å². The number of pyridine rings is 1. The first-order chi connectivity index (χ1) is 22.4. The van der Waals surface area contributed by atoms with Crippen LogP contribution in [0.3, 0.4) is 0 Å². The molecule has 1 fully saturated rings. The van der Waals surface area contributed by atoms with Gasteiger partial charge in [-0.2, -0.15) is 0 Å². The van der Waals surface area contributed by atoms with Crippen molar-refractivity contribution in [3.05, 3.63) is 140 Å². The maximum absolute atomic E-state index is 13.8. The van der Waals surface area contributed by atoms with Crippen LogP contribution in [0.25, 0.3) is 11.0 Å². The van der Waals surface area contributed by atoms with E-state index in [1.165, 1.54) is 11.6 Å². The Bertz CT molecular complexity index is 2150. The number of para-hydroxylation sites is 1. The van der Waals surface area contributed by atoms with Crippen molar-refractivity contribution < 1.29 is 14.0 Å². The SMILES string of the molecule is O=C(Nc1cc(C(=O)N2CCc3ccccc3C2)ccc1N1CC2CC(C1)c1cccc(=O)n1C2)c1cc2ccccc2oc1=O. The minimum absolute atomic E-state index is 0.0195. The summed E-state index contributed by atoms with van der Waals surface area (Å²) in [6.45, 7) is 3.09. The van der Waals surface area contributed by atoms with Crippen molar-refractivity contribution in [3.8, 4) is 0 Å². The second-order valence-electron chi connectivity index (χ2n) is 12.5. The summed E-state index contributed by atoms with van der Waals surface area (Å²) in [7, 11) is 0. The Kier molecular flexibility index (Phi) is 6.82. The molecular formula is C37H32N4O5. The van der Waals surface area contributed by atoms with Gasteiger partial charge in [0.15, 0.2) is 0 Å². The third kappa shape index (κ3) is 4.98. The van der Waals surface area contributed by atoms with Gasteiger partial charge in [-0.3, -0.25) is 14.4 Å². The molecule has 2 atom stereocenters. The average molecular weight is 613 g/mol. The molecule has 2 aromatic heterocycles. The zero-order chi connectivity index (χ0) is 31.4. The van der Waals surface area contributed by atoms with Crippen LogP contribution >= 0.6 is 0 Å². The number of hydrogen-bond acceptors (Lipinski definition) is 6. The van der Waals surface area contributed by atoms with Crippen molar-refractivity contribution in [3.63, 3.8) is 0 Å². The Morgan fingerprint density at radius 2 is 1.65 bits per heavy atom. The number of fused-ring (bicyclic) bond motifs is 6. The Morgan fingerprint density at radius 1 is 0.826 bits per heavy atom. The third-order valence-corrected chi connectivity index (χ3v) is 9.62. The lowest BCUT2D eigenvalue weighted by atomic mass is 9.83. The van der Waals surface area contributed by atoms with Gasteiger partial charge >= 0.3 is 5.63 Å². The monoisotopic (exact) mass is 612 g/mol. The van der Waals surface area contributed by atoms with Crippen LogP contribution in [-0.4, -0.2) is 40.9 Å². The summed E-state index contributed by atoms with van der Waals surface area (Å²) in [6.07, 6.45) is 1.76. The molecule has 2 unspecified atom stereocenters. The van der Waals surface area contributed by atoms with Gasteiger partial charge in [-0.1, -0.05) is 48.5 Å². The van der Waals surface area contributed by atoms with Crippen LogP contribution in [0.15, 0.2) is 105 Å². The van der Waals surface area contributed by atoms with Crippen molar-refractivity contribution in [2.75, 3.05) is 29.9 Å². The maximum Gasteiger partial charge on any atom is 0.349 e. The van der Waals surface area contributed by atoms with Gasteiger partial charge in [0.2, 0.25) is 0 Å². The minimum Gasteiger partial charge on any atom is -0.422 e. The molecule has 9 nitrogen and oxygen atoms in total. The number of anilines is 2. The quantitative estimate of drug-likeness (QED) is 0.286. The molecule has 0 aliphatic carbocycles. The summed E-state index contributed by atoms with van der Waals surface area (Å²) in [5.41, 5.74) is 4.66. The third-order valence-electron chi connectivity index (χ3n) is 9.62. The fourth-order valence-corrected chi connectivity index (χ4v) is 7.40. The van der Waals surface area contributed by atoms with Crippen LogP contribution in [0.2, 0.25) is 0 Å². The molecule has 2 bridgehead atoms. The average Bonchev–Trinajstić information content (AvgIpc) is 3.07. The normalized spacial score (nSPS) is 18.5. The number of aromatic nitrogens is 1. The summed E-state index contributed by atoms with van der Waals surface area (Å²) in [5, 5.41) is 3.61. The lowest BCUT2D eigenvalue weighted by Crippen LogP contribution is -2.47. The van der Waals surface area contributed by atoms with E-state index in [0.29, 0.717) is 54.9 Å². The Morgan fingerprint density at radius 3 is 2.54 bits per heavy atom. The summed E-state index contributed by atoms with van der Waals surface area (Å²) in [6, 6.07) is 27.6. The molecule has 0 spiro atoms. The maximum atomic E-state index is 13.8. The number of nitrogens with one attached hydrogen (secondary N) is 1. The lowest BCUT2D eigenvalue weighted by molar-refractivity contribution is 0.0734. The van der Waals surface area contributed by atoms with Gasteiger partial charge in [0, 0.05) is 61.4 Å². The minimum atomic E-state index is -0.730. The summed E-state index contributed by atoms with van der Waals surface area (Å²) in [5.74, 6) is -0.332. The number of benzene rings is 3. The highest BCUT2D eigenvalue weighted by atomic mass is 16.4. The largest absolute Gasteiger partial charge is 0.422 e. The van der Waals surface area contributed by atoms with E-state index in [0.717, 1.165) is 29.8 Å². The molecule has 46 heavy (non-hydrogen) atoms. The molecule has 230 valence electrons. The van der Waals surface area contributed by atoms with Gasteiger partial charge in [0.05, 0.1) is 11.4 Å². The molecule has 1 N–H and O–H groups in total. The zero-order valence-electron chi connectivity index (χ0n) is 25.1. The topological polar surface area (TPSA) is 105 Å². The molecule has 2 amide bonds. The Labute approximate surface area is 264 Å². The predicted molar refractivity (Wildman–Crippen MR) is 176 cm³/mol. The molecule has 9 heteroatoms. The summed E-state index contributed by atoms with van der Waals surface area (Å²) in [4.78, 5) is 57.1. The van der Waals surface area contributed by atoms with Gasteiger partial charge in [-0.25, -0.2) is 4.79 Å². The number of carbonyl (C=O) groups excluding carboxylic acids is 2. The number of nitrogens with zero attached hydrogens (tertiary/aromatic N) is 3. The molecule has 3 aromatic carbocycles. The smallest absolute Gasteiger partial charge is 0.349 e. The molecule has 5 heterocycles. The predicted octanol–water partition coefficient (Wildman–Crippen LogP) is 5.03. The highest BCUT2D eigenvalue weighted by molar-refractivity contribution is 6.08. The van der Waals surface area contributed by atoms with Crippen molar-refractivity contribution in [2.24, 2.45) is 5.92 Å². The first-order valence-corrected chi connectivity index (χ1v) is 15.7. The van der Waals surface area contributed by atoms with Gasteiger partial charge in [0.25, 0.3) is 17.4 Å². The van der Waals surface area contributed by atoms with E-state index >= 15 is 0 Å². The summed E-state index contributed by atoms with van der Waals surface area (Å²) >= 11 is 0. The zero-order valence-corrected chi connectivity index (χ0v) is 25.1. The standard InChI is InChI=1S/C37H32N4O5/c42-34-11-5-9-31-28-16-23(20-41(31)34)19-40(22-28)32-13-12-26(36(44)39-15-14-24-6-1-2-8-27(24)21-39)18-30(32)38-35(43)29-17-25-7-3-4-10-33(25)46-37(29)45/h1-13,17-18,23,28H,14-16,19-22H2,(H,38,43). The number of hydrogen-bond donors (Lipinski definition) is 1. The van der Waals surface area contributed by atoms with Crippen LogP contribution in [0.5, 0.6) is 0 Å². The summed E-state index contributed by atoms with van der Waals surface area (Å²) < 4.78 is 7.33. The fraction of sp³-hybridized carbons (Fsp3) is 0.243. The van der Waals surface area contributed by atoms with E-state index in [1.54, 1.807) is 30.3 Å². The van der Waals surface area contributed by atoms with Crippen molar-refractivity contribution in [2.45, 2.75) is 31.8 Å². The van der Waals surface area contributed by atoms with Crippen LogP contribution in [-0.2, 0) is 19.5 Å². The molecule has 0 saturated carbocycles. The molecule has 0 radical (unpaired) electrons. The van der Waals surface area contributed by atoms with E-state index in [-0.39, 0.29) is 28.9 Å². The Hall–Kier alpha value is -5.44. The number of amides is 2. The molecule has 1 saturated heterocycles. The molecule has 3 aliphatic heterocycles. The van der Waals surface area contributed by atoms with Crippen molar-refractivity contribution >= 4 is 34.2 Å². The van der Waals surface area contributed by atoms with Crippen LogP contribution in [0, 0.1) is 5.92 Å². The van der Waals surface area contributed by atoms with E-state index in [9.17, 15) is 19.2 Å². The van der Waals surface area contributed by atoms with E-state index < -0.39 is 11.5 Å². The van der Waals surface area contributed by atoms with Gasteiger partial charge in [-0.15, -0.1) is 0 Å². The number of carbonyl (C=O) groups is 2. The van der Waals surface area contributed by atoms with Crippen LogP contribution in [0.1, 0.15) is 49.9 Å². The van der Waals surface area contributed by atoms with Crippen LogP contribution < -0.4 is 21.4 Å². The first-order valence-electron chi connectivity index (χ1n) is 15.7. The fourth-order valence-electron chi connectivity index (χ4n) is 7.40. The van der Waals surface area contributed by atoms with E-state index in [4.69, 9.17) is 4.42 Å². The van der Waals surface area contributed by atoms with Gasteiger partial charge < -0.3 is 24.1 Å². The number of rotatable bonds is 4. The first kappa shape index (κ1) is 28.1.